The number of amides is 2. The van der Waals surface area contributed by atoms with Crippen LogP contribution in [0, 0.1) is 6.92 Å². The molecule has 0 aliphatic carbocycles. The number of carbonyl (C=O) groups excluding carboxylic acids is 2. The quantitative estimate of drug-likeness (QED) is 0.716. The molecular weight excluding hydrogens is 358 g/mol. The van der Waals surface area contributed by atoms with Crippen LogP contribution in [0.2, 0.25) is 0 Å². The molecule has 0 saturated carbocycles. The Morgan fingerprint density at radius 3 is 2.81 bits per heavy atom. The molecule has 2 aromatic carbocycles. The van der Waals surface area contributed by atoms with Crippen LogP contribution in [0.3, 0.4) is 0 Å². The number of hydrogen-bond donors (Lipinski definition) is 2. The molecule has 27 heavy (non-hydrogen) atoms. The summed E-state index contributed by atoms with van der Waals surface area (Å²) in [6.45, 7) is 2.05. The first-order chi connectivity index (χ1) is 13.1. The van der Waals surface area contributed by atoms with Gasteiger partial charge in [0.2, 0.25) is 11.8 Å². The van der Waals surface area contributed by atoms with Crippen molar-refractivity contribution >= 4 is 34.5 Å². The van der Waals surface area contributed by atoms with Gasteiger partial charge < -0.3 is 10.6 Å². The second-order valence-electron chi connectivity index (χ2n) is 6.66. The van der Waals surface area contributed by atoms with Gasteiger partial charge in [-0.3, -0.25) is 9.59 Å². The Morgan fingerprint density at radius 2 is 2.00 bits per heavy atom. The van der Waals surface area contributed by atoms with Crippen LogP contribution in [0.5, 0.6) is 0 Å². The highest BCUT2D eigenvalue weighted by atomic mass is 32.1. The minimum atomic E-state index is -0.101. The number of carbonyl (C=O) groups is 2. The van der Waals surface area contributed by atoms with Gasteiger partial charge in [-0.2, -0.15) is 0 Å². The van der Waals surface area contributed by atoms with Crippen LogP contribution in [0.15, 0.2) is 47.8 Å². The van der Waals surface area contributed by atoms with Crippen LogP contribution in [0.25, 0.3) is 10.6 Å². The lowest BCUT2D eigenvalue weighted by atomic mass is 10.0. The van der Waals surface area contributed by atoms with E-state index in [0.29, 0.717) is 12.8 Å². The van der Waals surface area contributed by atoms with Crippen LogP contribution >= 0.6 is 11.3 Å². The zero-order chi connectivity index (χ0) is 18.8. The first-order valence-electron chi connectivity index (χ1n) is 8.81. The van der Waals surface area contributed by atoms with Gasteiger partial charge in [-0.15, -0.1) is 11.3 Å². The van der Waals surface area contributed by atoms with Gasteiger partial charge in [-0.1, -0.05) is 29.8 Å². The van der Waals surface area contributed by atoms with E-state index in [1.54, 1.807) is 17.4 Å². The predicted molar refractivity (Wildman–Crippen MR) is 108 cm³/mol. The molecule has 0 unspecified atom stereocenters. The summed E-state index contributed by atoms with van der Waals surface area (Å²) in [5.74, 6) is -0.0669. The molecule has 0 bridgehead atoms. The molecule has 2 heterocycles. The maximum atomic E-state index is 12.4. The molecule has 4 rings (SSSR count). The zero-order valence-corrected chi connectivity index (χ0v) is 15.7. The lowest BCUT2D eigenvalue weighted by molar-refractivity contribution is -0.117. The number of fused-ring (bicyclic) bond motifs is 1. The summed E-state index contributed by atoms with van der Waals surface area (Å²) in [6.07, 6.45) is 1.40. The number of nitrogens with one attached hydrogen (secondary N) is 2. The van der Waals surface area contributed by atoms with Crippen LogP contribution < -0.4 is 10.6 Å². The summed E-state index contributed by atoms with van der Waals surface area (Å²) in [4.78, 5) is 28.4. The van der Waals surface area contributed by atoms with Crippen molar-refractivity contribution in [2.45, 2.75) is 26.2 Å². The third-order valence-corrected chi connectivity index (χ3v) is 5.42. The lowest BCUT2D eigenvalue weighted by Gasteiger charge is -2.17. The molecule has 1 aromatic heterocycles. The Labute approximate surface area is 161 Å². The molecule has 0 saturated heterocycles. The topological polar surface area (TPSA) is 71.1 Å². The molecule has 1 aliphatic rings. The fourth-order valence-electron chi connectivity index (χ4n) is 3.05. The Hall–Kier alpha value is -2.99. The third kappa shape index (κ3) is 4.06. The van der Waals surface area contributed by atoms with E-state index in [9.17, 15) is 9.59 Å². The third-order valence-electron chi connectivity index (χ3n) is 4.48. The summed E-state index contributed by atoms with van der Waals surface area (Å²) in [7, 11) is 0. The first-order valence-corrected chi connectivity index (χ1v) is 9.69. The van der Waals surface area contributed by atoms with Crippen LogP contribution in [-0.4, -0.2) is 16.8 Å². The highest BCUT2D eigenvalue weighted by molar-refractivity contribution is 7.13. The predicted octanol–water partition coefficient (Wildman–Crippen LogP) is 4.18. The fraction of sp³-hybridized carbons (Fsp3) is 0.190. The van der Waals surface area contributed by atoms with Crippen LogP contribution in [0.1, 0.15) is 23.2 Å². The van der Waals surface area contributed by atoms with Crippen LogP contribution in [-0.2, 0) is 22.4 Å². The fourth-order valence-corrected chi connectivity index (χ4v) is 3.87. The van der Waals surface area contributed by atoms with E-state index in [2.05, 4.69) is 34.7 Å². The molecular formula is C21H19N3O2S. The molecule has 1 aliphatic heterocycles. The van der Waals surface area contributed by atoms with Crippen molar-refractivity contribution in [1.29, 1.82) is 0 Å². The van der Waals surface area contributed by atoms with E-state index in [4.69, 9.17) is 0 Å². The van der Waals surface area contributed by atoms with Gasteiger partial charge in [0.25, 0.3) is 0 Å². The maximum absolute atomic E-state index is 12.4. The van der Waals surface area contributed by atoms with Gasteiger partial charge >= 0.3 is 0 Å². The van der Waals surface area contributed by atoms with Gasteiger partial charge in [-0.25, -0.2) is 4.98 Å². The number of nitrogens with zero attached hydrogens (tertiary/aromatic N) is 1. The van der Waals surface area contributed by atoms with Crippen molar-refractivity contribution in [3.8, 4) is 10.6 Å². The highest BCUT2D eigenvalue weighted by Gasteiger charge is 2.15. The van der Waals surface area contributed by atoms with Crippen molar-refractivity contribution in [3.05, 3.63) is 64.7 Å². The number of aryl methyl sites for hydroxylation is 2. The largest absolute Gasteiger partial charge is 0.326 e. The number of rotatable bonds is 4. The summed E-state index contributed by atoms with van der Waals surface area (Å²) in [6, 6.07) is 13.8. The summed E-state index contributed by atoms with van der Waals surface area (Å²) in [5.41, 5.74) is 5.64. The highest BCUT2D eigenvalue weighted by Crippen LogP contribution is 2.26. The summed E-state index contributed by atoms with van der Waals surface area (Å²) >= 11 is 1.54. The van der Waals surface area contributed by atoms with E-state index >= 15 is 0 Å². The Balaban J connectivity index is 1.41. The number of hydrogen-bond acceptors (Lipinski definition) is 4. The zero-order valence-electron chi connectivity index (χ0n) is 14.9. The minimum absolute atomic E-state index is 0.0344. The number of anilines is 2. The van der Waals surface area contributed by atoms with Gasteiger partial charge in [-0.05, 0) is 37.1 Å². The summed E-state index contributed by atoms with van der Waals surface area (Å²) < 4.78 is 0. The second kappa shape index (κ2) is 7.32. The van der Waals surface area contributed by atoms with E-state index < -0.39 is 0 Å². The van der Waals surface area contributed by atoms with E-state index in [1.807, 2.05) is 29.6 Å². The molecule has 2 amide bonds. The molecule has 3 aromatic rings. The Morgan fingerprint density at radius 1 is 1.19 bits per heavy atom. The van der Waals surface area contributed by atoms with Crippen LogP contribution in [0.4, 0.5) is 11.4 Å². The first kappa shape index (κ1) is 17.4. The molecule has 0 atom stereocenters. The van der Waals surface area contributed by atoms with E-state index in [0.717, 1.165) is 33.2 Å². The van der Waals surface area contributed by atoms with Crippen molar-refractivity contribution < 1.29 is 9.59 Å². The van der Waals surface area contributed by atoms with Crippen molar-refractivity contribution in [1.82, 2.24) is 4.98 Å². The van der Waals surface area contributed by atoms with Gasteiger partial charge in [0.05, 0.1) is 12.1 Å². The molecule has 5 nitrogen and oxygen atoms in total. The van der Waals surface area contributed by atoms with E-state index in [1.165, 1.54) is 5.56 Å². The molecule has 0 fully saturated rings. The lowest BCUT2D eigenvalue weighted by Crippen LogP contribution is -2.20. The van der Waals surface area contributed by atoms with Gasteiger partial charge in [0.1, 0.15) is 5.01 Å². The molecule has 0 spiro atoms. The average Bonchev–Trinajstić information content (AvgIpc) is 3.10. The van der Waals surface area contributed by atoms with Crippen molar-refractivity contribution in [2.75, 3.05) is 10.6 Å². The maximum Gasteiger partial charge on any atom is 0.230 e. The molecule has 2 N–H and O–H groups in total. The second-order valence-corrected chi connectivity index (χ2v) is 7.51. The standard InChI is InChI=1S/C21H19N3O2S/c1-13-2-4-14(5-3-13)21-23-17(12-27-21)11-20(26)22-16-7-8-18-15(10-16)6-9-19(25)24-18/h2-5,7-8,10,12H,6,9,11H2,1H3,(H,22,26)(H,24,25). The van der Waals surface area contributed by atoms with Crippen molar-refractivity contribution in [2.24, 2.45) is 0 Å². The van der Waals surface area contributed by atoms with Gasteiger partial charge in [0.15, 0.2) is 0 Å². The Bertz CT molecular complexity index is 1010. The smallest absolute Gasteiger partial charge is 0.230 e. The van der Waals surface area contributed by atoms with Crippen molar-refractivity contribution in [3.63, 3.8) is 0 Å². The monoisotopic (exact) mass is 377 g/mol. The van der Waals surface area contributed by atoms with Gasteiger partial charge in [0, 0.05) is 28.7 Å². The number of aromatic nitrogens is 1. The molecule has 0 radical (unpaired) electrons. The normalized spacial score (nSPS) is 13.0. The Kier molecular flexibility index (Phi) is 4.73. The minimum Gasteiger partial charge on any atom is -0.326 e. The summed E-state index contributed by atoms with van der Waals surface area (Å²) in [5, 5.41) is 8.61. The average molecular weight is 377 g/mol. The number of thiazole rings is 1. The molecule has 6 heteroatoms. The van der Waals surface area contributed by atoms with E-state index in [-0.39, 0.29) is 18.2 Å². The molecule has 136 valence electrons. The SMILES string of the molecule is Cc1ccc(-c2nc(CC(=O)Nc3ccc4c(c3)CCC(=O)N4)cs2)cc1. The number of benzene rings is 2.